The van der Waals surface area contributed by atoms with Gasteiger partial charge in [0.25, 0.3) is 0 Å². The van der Waals surface area contributed by atoms with E-state index in [1.807, 2.05) is 48.7 Å². The molecule has 0 aliphatic heterocycles. The molecule has 0 radical (unpaired) electrons. The van der Waals surface area contributed by atoms with Crippen molar-refractivity contribution >= 4 is 29.2 Å². The molecular weight excluding hydrogens is 594 g/mol. The number of guanidine groups is 1. The third-order valence-corrected chi connectivity index (χ3v) is 7.46. The number of nitrogens with zero attached hydrogens (tertiary/aromatic N) is 4. The Morgan fingerprint density at radius 1 is 0.894 bits per heavy atom. The Balaban J connectivity index is 1.33. The summed E-state index contributed by atoms with van der Waals surface area (Å²) in [5, 5.41) is 5.06. The first-order valence-electron chi connectivity index (χ1n) is 16.0. The molecule has 1 unspecified atom stereocenters. The van der Waals surface area contributed by atoms with Crippen molar-refractivity contribution < 1.29 is 19.1 Å². The molecule has 0 fully saturated rings. The van der Waals surface area contributed by atoms with E-state index in [2.05, 4.69) is 43.7 Å². The van der Waals surface area contributed by atoms with Crippen molar-refractivity contribution in [3.05, 3.63) is 95.1 Å². The lowest BCUT2D eigenvalue weighted by atomic mass is 9.90. The smallest absolute Gasteiger partial charge is 0.414 e. The average molecular weight is 640 g/mol. The molecule has 2 aromatic heterocycles. The number of alkyl carbamates (subject to hydrolysis) is 2. The summed E-state index contributed by atoms with van der Waals surface area (Å²) in [6, 6.07) is 20.6. The number of aryl methyl sites for hydroxylation is 1. The number of aromatic nitrogens is 3. The van der Waals surface area contributed by atoms with Crippen molar-refractivity contribution in [2.45, 2.75) is 97.7 Å². The largest absolute Gasteiger partial charge is 0.444 e. The number of rotatable bonds is 7. The number of hydrogen-bond donors (Lipinski definition) is 3. The Bertz CT molecular complexity index is 1650. The highest BCUT2D eigenvalue weighted by molar-refractivity contribution is 6.01. The fraction of sp³-hybridized carbons (Fsp3) is 0.417. The van der Waals surface area contributed by atoms with Gasteiger partial charge in [-0.3, -0.25) is 20.5 Å². The van der Waals surface area contributed by atoms with E-state index in [1.165, 1.54) is 5.56 Å². The molecule has 1 aliphatic rings. The number of nitrogens with one attached hydrogen (secondary N) is 3. The standard InChI is InChI=1S/C36H45N7O4/c1-35(2,3)46-33(44)41-32(42-34(45)47-36(4,5)6)38-21-24-16-18-25(19-17-24)22-43(23-30-39-27-13-7-8-14-28(27)40-30)29-15-9-11-26-12-10-20-37-31(26)29/h7-8,10,12-14,16-20,29H,9,11,15,21-23H2,1-6H3,(H,39,40)(H2,38,41,42,44,45). The van der Waals surface area contributed by atoms with Gasteiger partial charge in [0.2, 0.25) is 5.96 Å². The van der Waals surface area contributed by atoms with Crippen LogP contribution in [-0.4, -0.2) is 49.2 Å². The first-order chi connectivity index (χ1) is 22.3. The Morgan fingerprint density at radius 3 is 2.21 bits per heavy atom. The summed E-state index contributed by atoms with van der Waals surface area (Å²) in [5.74, 6) is 0.862. The van der Waals surface area contributed by atoms with Gasteiger partial charge in [0.1, 0.15) is 17.0 Å². The van der Waals surface area contributed by atoms with Crippen LogP contribution in [0.3, 0.4) is 0 Å². The third kappa shape index (κ3) is 9.86. The number of fused-ring (bicyclic) bond motifs is 2. The molecule has 1 aliphatic carbocycles. The van der Waals surface area contributed by atoms with E-state index in [0.29, 0.717) is 13.1 Å². The Labute approximate surface area is 276 Å². The second-order valence-corrected chi connectivity index (χ2v) is 13.8. The monoisotopic (exact) mass is 639 g/mol. The molecular formula is C36H45N7O4. The lowest BCUT2D eigenvalue weighted by Gasteiger charge is -2.34. The molecule has 1 atom stereocenters. The van der Waals surface area contributed by atoms with Crippen LogP contribution in [-0.2, 0) is 35.5 Å². The zero-order valence-corrected chi connectivity index (χ0v) is 28.1. The number of ether oxygens (including phenoxy) is 2. The molecule has 47 heavy (non-hydrogen) atoms. The van der Waals surface area contributed by atoms with E-state index >= 15 is 0 Å². The number of pyridine rings is 1. The number of para-hydroxylation sites is 2. The molecule has 0 saturated heterocycles. The van der Waals surface area contributed by atoms with Gasteiger partial charge < -0.3 is 14.5 Å². The quantitative estimate of drug-likeness (QED) is 0.147. The first kappa shape index (κ1) is 33.6. The number of imidazole rings is 1. The zero-order valence-electron chi connectivity index (χ0n) is 28.1. The SMILES string of the molecule is CC(C)(C)OC(=O)NC(=NCc1ccc(CN(Cc2nc3ccccc3[nH]2)C2CCCc3cccnc32)cc1)NC(=O)OC(C)(C)C. The highest BCUT2D eigenvalue weighted by Gasteiger charge is 2.28. The minimum Gasteiger partial charge on any atom is -0.444 e. The highest BCUT2D eigenvalue weighted by atomic mass is 16.6. The fourth-order valence-corrected chi connectivity index (χ4v) is 5.56. The average Bonchev–Trinajstić information content (AvgIpc) is 3.40. The van der Waals surface area contributed by atoms with E-state index < -0.39 is 23.4 Å². The molecule has 11 nitrogen and oxygen atoms in total. The Morgan fingerprint density at radius 2 is 1.55 bits per heavy atom. The Kier molecular flexibility index (Phi) is 10.2. The van der Waals surface area contributed by atoms with Crippen molar-refractivity contribution in [1.82, 2.24) is 30.5 Å². The first-order valence-corrected chi connectivity index (χ1v) is 16.0. The molecule has 0 spiro atoms. The molecule has 0 bridgehead atoms. The number of carbonyl (C=O) groups excluding carboxylic acids is 2. The van der Waals surface area contributed by atoms with Crippen molar-refractivity contribution in [1.29, 1.82) is 0 Å². The van der Waals surface area contributed by atoms with Crippen LogP contribution in [0, 0.1) is 0 Å². The second kappa shape index (κ2) is 14.3. The Hall–Kier alpha value is -4.77. The number of benzene rings is 2. The number of aromatic amines is 1. The summed E-state index contributed by atoms with van der Waals surface area (Å²) in [4.78, 5) is 45.0. The number of carbonyl (C=O) groups is 2. The summed E-state index contributed by atoms with van der Waals surface area (Å²) in [7, 11) is 0. The second-order valence-electron chi connectivity index (χ2n) is 13.8. The van der Waals surface area contributed by atoms with Crippen molar-refractivity contribution in [2.75, 3.05) is 0 Å². The van der Waals surface area contributed by atoms with Crippen LogP contribution >= 0.6 is 0 Å². The summed E-state index contributed by atoms with van der Waals surface area (Å²) >= 11 is 0. The minimum atomic E-state index is -0.731. The van der Waals surface area contributed by atoms with Crippen LogP contribution in [0.4, 0.5) is 9.59 Å². The minimum absolute atomic E-state index is 0.0574. The van der Waals surface area contributed by atoms with Crippen LogP contribution in [0.2, 0.25) is 0 Å². The summed E-state index contributed by atoms with van der Waals surface area (Å²) in [6.07, 6.45) is 3.59. The number of hydrogen-bond acceptors (Lipinski definition) is 8. The van der Waals surface area contributed by atoms with Crippen LogP contribution < -0.4 is 10.6 Å². The lowest BCUT2D eigenvalue weighted by Crippen LogP contribution is -2.47. The maximum Gasteiger partial charge on any atom is 0.414 e. The van der Waals surface area contributed by atoms with E-state index in [9.17, 15) is 9.59 Å². The van der Waals surface area contributed by atoms with Gasteiger partial charge in [-0.2, -0.15) is 0 Å². The van der Waals surface area contributed by atoms with Gasteiger partial charge in [0.05, 0.1) is 35.9 Å². The van der Waals surface area contributed by atoms with Gasteiger partial charge in [0.15, 0.2) is 0 Å². The lowest BCUT2D eigenvalue weighted by molar-refractivity contribution is 0.0545. The molecule has 0 saturated carbocycles. The number of aliphatic imine (C=N–C) groups is 1. The van der Waals surface area contributed by atoms with Crippen molar-refractivity contribution in [3.8, 4) is 0 Å². The number of H-pyrrole nitrogens is 1. The summed E-state index contributed by atoms with van der Waals surface area (Å²) in [5.41, 5.74) is 5.03. The molecule has 248 valence electrons. The maximum atomic E-state index is 12.5. The fourth-order valence-electron chi connectivity index (χ4n) is 5.56. The molecule has 3 N–H and O–H groups in total. The van der Waals surface area contributed by atoms with Gasteiger partial charge in [-0.05, 0) is 95.7 Å². The van der Waals surface area contributed by atoms with Gasteiger partial charge in [0, 0.05) is 12.7 Å². The topological polar surface area (TPSA) is 134 Å². The van der Waals surface area contributed by atoms with Gasteiger partial charge >= 0.3 is 12.2 Å². The van der Waals surface area contributed by atoms with E-state index in [4.69, 9.17) is 19.4 Å². The molecule has 2 aromatic carbocycles. The van der Waals surface area contributed by atoms with Gasteiger partial charge in [-0.1, -0.05) is 42.5 Å². The van der Waals surface area contributed by atoms with E-state index in [1.54, 1.807) is 41.5 Å². The maximum absolute atomic E-state index is 12.5. The van der Waals surface area contributed by atoms with Gasteiger partial charge in [-0.15, -0.1) is 0 Å². The highest BCUT2D eigenvalue weighted by Crippen LogP contribution is 2.34. The van der Waals surface area contributed by atoms with Crippen LogP contribution in [0.5, 0.6) is 0 Å². The van der Waals surface area contributed by atoms with E-state index in [-0.39, 0.29) is 18.5 Å². The zero-order chi connectivity index (χ0) is 33.6. The summed E-state index contributed by atoms with van der Waals surface area (Å²) < 4.78 is 10.7. The normalized spacial score (nSPS) is 14.7. The van der Waals surface area contributed by atoms with Crippen molar-refractivity contribution in [2.24, 2.45) is 4.99 Å². The van der Waals surface area contributed by atoms with Crippen molar-refractivity contribution in [3.63, 3.8) is 0 Å². The molecule has 5 rings (SSSR count). The number of amides is 2. The summed E-state index contributed by atoms with van der Waals surface area (Å²) in [6.45, 7) is 12.1. The molecule has 4 aromatic rings. The predicted octanol–water partition coefficient (Wildman–Crippen LogP) is 6.94. The predicted molar refractivity (Wildman–Crippen MR) is 182 cm³/mol. The molecule has 11 heteroatoms. The van der Waals surface area contributed by atoms with Crippen LogP contribution in [0.15, 0.2) is 71.9 Å². The van der Waals surface area contributed by atoms with Crippen LogP contribution in [0.1, 0.15) is 88.6 Å². The third-order valence-electron chi connectivity index (χ3n) is 7.46. The molecule has 2 heterocycles. The van der Waals surface area contributed by atoms with Crippen LogP contribution in [0.25, 0.3) is 11.0 Å². The molecule has 2 amide bonds. The van der Waals surface area contributed by atoms with Gasteiger partial charge in [-0.25, -0.2) is 19.6 Å². The van der Waals surface area contributed by atoms with E-state index in [0.717, 1.165) is 52.9 Å².